The summed E-state index contributed by atoms with van der Waals surface area (Å²) in [7, 11) is -1.25. The van der Waals surface area contributed by atoms with Crippen LogP contribution in [0.3, 0.4) is 0 Å². The van der Waals surface area contributed by atoms with Crippen LogP contribution in [0.25, 0.3) is 0 Å². The zero-order valence-corrected chi connectivity index (χ0v) is 28.9. The van der Waals surface area contributed by atoms with Crippen LogP contribution in [0.15, 0.2) is 35.3 Å². The Morgan fingerprint density at radius 1 is 1.21 bits per heavy atom. The number of hydrogen-bond donors (Lipinski definition) is 2. The summed E-state index contributed by atoms with van der Waals surface area (Å²) in [5.41, 5.74) is -0.241. The second-order valence-corrected chi connectivity index (χ2v) is 19.2. The highest BCUT2D eigenvalue weighted by Crippen LogP contribution is 2.36. The van der Waals surface area contributed by atoms with E-state index >= 15 is 0 Å². The molecule has 3 aromatic rings. The first-order valence-corrected chi connectivity index (χ1v) is 19.3. The topological polar surface area (TPSA) is 132 Å². The van der Waals surface area contributed by atoms with Gasteiger partial charge in [0.1, 0.15) is 6.73 Å². The summed E-state index contributed by atoms with van der Waals surface area (Å²) in [6.45, 7) is 12.9. The fourth-order valence-electron chi connectivity index (χ4n) is 5.28. The molecule has 3 atom stereocenters. The van der Waals surface area contributed by atoms with Gasteiger partial charge in [-0.15, -0.1) is 0 Å². The van der Waals surface area contributed by atoms with Crippen molar-refractivity contribution in [3.63, 3.8) is 0 Å². The van der Waals surface area contributed by atoms with Gasteiger partial charge in [-0.05, 0) is 50.6 Å². The Balaban J connectivity index is 1.46. The molecule has 0 saturated heterocycles. The van der Waals surface area contributed by atoms with E-state index in [1.165, 1.54) is 26.4 Å². The van der Waals surface area contributed by atoms with Crippen molar-refractivity contribution in [2.24, 2.45) is 0 Å². The molecule has 0 bridgehead atoms. The van der Waals surface area contributed by atoms with Gasteiger partial charge in [-0.1, -0.05) is 31.2 Å². The van der Waals surface area contributed by atoms with Gasteiger partial charge in [0.25, 0.3) is 11.5 Å². The molecule has 1 aliphatic heterocycles. The minimum Gasteiger partial charge on any atom is -0.477 e. The van der Waals surface area contributed by atoms with Gasteiger partial charge in [-0.3, -0.25) is 14.3 Å². The maximum Gasteiger partial charge on any atom is 0.417 e. The number of halogens is 4. The van der Waals surface area contributed by atoms with Gasteiger partial charge < -0.3 is 20.1 Å². The molecule has 2 aromatic heterocycles. The van der Waals surface area contributed by atoms with E-state index in [-0.39, 0.29) is 49.1 Å². The monoisotopic (exact) mass is 696 g/mol. The van der Waals surface area contributed by atoms with E-state index in [9.17, 15) is 32.7 Å². The lowest BCUT2D eigenvalue weighted by molar-refractivity contribution is -0.137. The molecule has 4 rings (SSSR count). The highest BCUT2D eigenvalue weighted by Gasteiger charge is 2.37. The first kappa shape index (κ1) is 36.3. The molecule has 1 aromatic carbocycles. The van der Waals surface area contributed by atoms with Gasteiger partial charge in [0.2, 0.25) is 0 Å². The molecule has 0 fully saturated rings. The number of aromatic nitrogens is 4. The maximum absolute atomic E-state index is 13.4. The Kier molecular flexibility index (Phi) is 11.0. The van der Waals surface area contributed by atoms with E-state index in [4.69, 9.17) is 16.3 Å². The Morgan fingerprint density at radius 2 is 1.91 bits per heavy atom. The van der Waals surface area contributed by atoms with Crippen LogP contribution >= 0.6 is 11.6 Å². The lowest BCUT2D eigenvalue weighted by atomic mass is 9.98. The van der Waals surface area contributed by atoms with Crippen LogP contribution in [-0.2, 0) is 30.6 Å². The predicted molar refractivity (Wildman–Crippen MR) is 172 cm³/mol. The summed E-state index contributed by atoms with van der Waals surface area (Å²) in [6, 6.07) is 4.22. The largest absolute Gasteiger partial charge is 0.477 e. The molecule has 0 saturated carbocycles. The Labute approximate surface area is 276 Å². The molecule has 0 radical (unpaired) electrons. The lowest BCUT2D eigenvalue weighted by Crippen LogP contribution is -2.43. The fraction of sp³-hybridized carbons (Fsp3) is 0.516. The quantitative estimate of drug-likeness (QED) is 0.184. The third-order valence-corrected chi connectivity index (χ3v) is 10.2. The summed E-state index contributed by atoms with van der Waals surface area (Å²) in [5.74, 6) is -1.92. The summed E-state index contributed by atoms with van der Waals surface area (Å²) in [4.78, 5) is 39.8. The van der Waals surface area contributed by atoms with Crippen LogP contribution in [0.1, 0.15) is 76.1 Å². The Hall–Kier alpha value is -3.53. The Bertz CT molecular complexity index is 1690. The number of carboxylic acid groups (broad SMARTS) is 1. The van der Waals surface area contributed by atoms with Crippen molar-refractivity contribution < 1.29 is 32.6 Å². The second kappa shape index (κ2) is 14.3. The first-order valence-electron chi connectivity index (χ1n) is 15.3. The SMILES string of the molecule is CC(NC[C@@H](C)n1nc2c(c1C(=O)O)CN(C(=O)c1ccc(Cl)c(C(F)(F)F)c1)[C@H](C)C2)c1cnn(COCC[Si](C)(C)C)c(=O)c1. The molecule has 2 N–H and O–H groups in total. The molecule has 0 spiro atoms. The highest BCUT2D eigenvalue weighted by molar-refractivity contribution is 6.76. The van der Waals surface area contributed by atoms with Gasteiger partial charge in [0, 0.05) is 56.9 Å². The third-order valence-electron chi connectivity index (χ3n) is 8.16. The summed E-state index contributed by atoms with van der Waals surface area (Å²) in [6.07, 6.45) is -2.94. The summed E-state index contributed by atoms with van der Waals surface area (Å²) < 4.78 is 48.6. The average molecular weight is 697 g/mol. The van der Waals surface area contributed by atoms with Gasteiger partial charge in [0.15, 0.2) is 5.69 Å². The van der Waals surface area contributed by atoms with Crippen LogP contribution in [0, 0.1) is 0 Å². The van der Waals surface area contributed by atoms with Crippen molar-refractivity contribution in [1.29, 1.82) is 0 Å². The van der Waals surface area contributed by atoms with Crippen LogP contribution in [-0.4, -0.2) is 68.7 Å². The molecule has 11 nitrogen and oxygen atoms in total. The normalized spacial score (nSPS) is 16.6. The van der Waals surface area contributed by atoms with Gasteiger partial charge >= 0.3 is 12.1 Å². The first-order chi connectivity index (χ1) is 21.9. The summed E-state index contributed by atoms with van der Waals surface area (Å²) in [5, 5.41) is 21.8. The van der Waals surface area contributed by atoms with Gasteiger partial charge in [0.05, 0.1) is 35.1 Å². The number of nitrogens with one attached hydrogen (secondary N) is 1. The molecular weight excluding hydrogens is 657 g/mol. The number of alkyl halides is 3. The molecule has 256 valence electrons. The van der Waals surface area contributed by atoms with Crippen molar-refractivity contribution in [3.05, 3.63) is 79.5 Å². The zero-order valence-electron chi connectivity index (χ0n) is 27.2. The molecule has 1 amide bonds. The van der Waals surface area contributed by atoms with Gasteiger partial charge in [-0.25, -0.2) is 9.48 Å². The Morgan fingerprint density at radius 3 is 2.53 bits per heavy atom. The summed E-state index contributed by atoms with van der Waals surface area (Å²) >= 11 is 5.73. The van der Waals surface area contributed by atoms with E-state index in [0.717, 1.165) is 12.1 Å². The van der Waals surface area contributed by atoms with Crippen LogP contribution in [0.4, 0.5) is 13.2 Å². The number of carboxylic acids is 1. The average Bonchev–Trinajstić information content (AvgIpc) is 3.35. The molecule has 0 aliphatic carbocycles. The smallest absolute Gasteiger partial charge is 0.417 e. The predicted octanol–water partition coefficient (Wildman–Crippen LogP) is 5.62. The minimum absolute atomic E-state index is 0.0697. The number of rotatable bonds is 12. The number of benzene rings is 1. The minimum atomic E-state index is -4.74. The number of aromatic carboxylic acids is 1. The molecule has 1 unspecified atom stereocenters. The lowest BCUT2D eigenvalue weighted by Gasteiger charge is -2.33. The van der Waals surface area contributed by atoms with Crippen molar-refractivity contribution in [1.82, 2.24) is 29.8 Å². The number of amides is 1. The second-order valence-electron chi connectivity index (χ2n) is 13.2. The van der Waals surface area contributed by atoms with Gasteiger partial charge in [-0.2, -0.15) is 23.4 Å². The number of nitrogens with zero attached hydrogens (tertiary/aromatic N) is 5. The van der Waals surface area contributed by atoms with E-state index < -0.39 is 48.8 Å². The van der Waals surface area contributed by atoms with E-state index in [2.05, 4.69) is 35.2 Å². The van der Waals surface area contributed by atoms with Crippen molar-refractivity contribution in [2.75, 3.05) is 13.2 Å². The molecule has 3 heterocycles. The zero-order chi connectivity index (χ0) is 34.8. The van der Waals surface area contributed by atoms with Crippen LogP contribution < -0.4 is 10.9 Å². The molecule has 47 heavy (non-hydrogen) atoms. The number of fused-ring (bicyclic) bond motifs is 1. The van der Waals surface area contributed by atoms with E-state index in [0.29, 0.717) is 29.5 Å². The van der Waals surface area contributed by atoms with Crippen LogP contribution in [0.2, 0.25) is 30.7 Å². The number of carbonyl (C=O) groups is 2. The number of hydrogen-bond acceptors (Lipinski definition) is 7. The van der Waals surface area contributed by atoms with E-state index in [1.54, 1.807) is 20.0 Å². The highest BCUT2D eigenvalue weighted by atomic mass is 35.5. The maximum atomic E-state index is 13.4. The standard InChI is InChI=1S/C31H40ClF3N6O5Si/c1-18-11-26-23(16-39(18)29(43)21-7-8-25(32)24(12-21)31(33,34)35)28(30(44)45)41(38-26)19(2)14-36-20(3)22-13-27(42)40(37-15-22)17-46-9-10-47(4,5)6/h7-8,12-13,15,18-20,36H,9-11,14,16-17H2,1-6H3,(H,44,45)/t18-,19-,20?/m1/s1. The number of carbonyl (C=O) groups excluding carboxylic acids is 1. The van der Waals surface area contributed by atoms with Crippen molar-refractivity contribution in [3.8, 4) is 0 Å². The molecule has 16 heteroatoms. The van der Waals surface area contributed by atoms with Crippen molar-refractivity contribution in [2.45, 2.75) is 90.5 Å². The fourth-order valence-corrected chi connectivity index (χ4v) is 6.26. The molecule has 1 aliphatic rings. The van der Waals surface area contributed by atoms with Crippen molar-refractivity contribution >= 4 is 31.6 Å². The third kappa shape index (κ3) is 8.69. The number of ether oxygens (including phenoxy) is 1. The van der Waals surface area contributed by atoms with Crippen LogP contribution in [0.5, 0.6) is 0 Å². The van der Waals surface area contributed by atoms with E-state index in [1.807, 2.05) is 6.92 Å². The molecular formula is C31H40ClF3N6O5Si.